The number of aryl methyl sites for hydroxylation is 1. The lowest BCUT2D eigenvalue weighted by Crippen LogP contribution is -2.53. The Labute approximate surface area is 175 Å². The van der Waals surface area contributed by atoms with Crippen molar-refractivity contribution in [3.63, 3.8) is 0 Å². The van der Waals surface area contributed by atoms with E-state index in [-0.39, 0.29) is 11.9 Å². The fraction of sp³-hybridized carbons (Fsp3) is 0.480. The van der Waals surface area contributed by atoms with Crippen LogP contribution in [0.3, 0.4) is 0 Å². The maximum absolute atomic E-state index is 13.0. The minimum atomic E-state index is -0.138. The summed E-state index contributed by atoms with van der Waals surface area (Å²) < 4.78 is 0. The van der Waals surface area contributed by atoms with Gasteiger partial charge in [0, 0.05) is 37.6 Å². The molecule has 1 aliphatic heterocycles. The molecule has 1 N–H and O–H groups in total. The highest BCUT2D eigenvalue weighted by atomic mass is 16.2. The maximum atomic E-state index is 13.0. The molecule has 0 unspecified atom stereocenters. The van der Waals surface area contributed by atoms with Crippen LogP contribution in [0.4, 0.5) is 11.4 Å². The van der Waals surface area contributed by atoms with Crippen molar-refractivity contribution >= 4 is 17.3 Å². The number of carbonyl (C=O) groups excluding carboxylic acids is 1. The van der Waals surface area contributed by atoms with Gasteiger partial charge in [-0.15, -0.1) is 0 Å². The second-order valence-electron chi connectivity index (χ2n) is 8.30. The summed E-state index contributed by atoms with van der Waals surface area (Å²) >= 11 is 0. The van der Waals surface area contributed by atoms with Crippen LogP contribution >= 0.6 is 0 Å². The molecule has 156 valence electrons. The first kappa shape index (κ1) is 21.4. The van der Waals surface area contributed by atoms with Crippen LogP contribution in [0.1, 0.15) is 49.8 Å². The van der Waals surface area contributed by atoms with Crippen LogP contribution < -0.4 is 10.2 Å². The highest BCUT2D eigenvalue weighted by Gasteiger charge is 2.26. The maximum Gasteiger partial charge on any atom is 0.241 e. The zero-order valence-corrected chi connectivity index (χ0v) is 18.5. The molecule has 0 radical (unpaired) electrons. The summed E-state index contributed by atoms with van der Waals surface area (Å²) in [5, 5.41) is 3.19. The Kier molecular flexibility index (Phi) is 6.96. The summed E-state index contributed by atoms with van der Waals surface area (Å²) in [4.78, 5) is 17.7. The minimum absolute atomic E-state index is 0.0842. The first-order chi connectivity index (χ1) is 13.9. The van der Waals surface area contributed by atoms with Crippen molar-refractivity contribution in [2.24, 2.45) is 0 Å². The summed E-state index contributed by atoms with van der Waals surface area (Å²) in [7, 11) is 0. The van der Waals surface area contributed by atoms with Crippen LogP contribution in [0, 0.1) is 13.8 Å². The molecule has 1 amide bonds. The molecule has 1 aliphatic rings. The van der Waals surface area contributed by atoms with Crippen LogP contribution in [0.25, 0.3) is 0 Å². The number of piperazine rings is 1. The third-order valence-electron chi connectivity index (χ3n) is 6.52. The van der Waals surface area contributed by atoms with Crippen molar-refractivity contribution < 1.29 is 4.79 Å². The number of benzene rings is 2. The number of nitrogens with one attached hydrogen (secondary N) is 1. The number of hydrogen-bond donors (Lipinski definition) is 1. The molecule has 0 saturated carbocycles. The molecule has 3 rings (SSSR count). The van der Waals surface area contributed by atoms with E-state index < -0.39 is 0 Å². The van der Waals surface area contributed by atoms with Crippen LogP contribution in [0.5, 0.6) is 0 Å². The lowest BCUT2D eigenvalue weighted by Gasteiger charge is -2.39. The topological polar surface area (TPSA) is 35.6 Å². The number of carbonyl (C=O) groups is 1. The molecule has 4 heteroatoms. The normalized spacial score (nSPS) is 17.1. The van der Waals surface area contributed by atoms with Gasteiger partial charge in [-0.1, -0.05) is 44.2 Å². The molecule has 0 aliphatic carbocycles. The molecule has 4 nitrogen and oxygen atoms in total. The van der Waals surface area contributed by atoms with Crippen LogP contribution in [-0.2, 0) is 4.79 Å². The average Bonchev–Trinajstić information content (AvgIpc) is 2.75. The van der Waals surface area contributed by atoms with E-state index in [2.05, 4.69) is 67.1 Å². The predicted octanol–water partition coefficient (Wildman–Crippen LogP) is 4.97. The van der Waals surface area contributed by atoms with Crippen molar-refractivity contribution in [3.8, 4) is 0 Å². The summed E-state index contributed by atoms with van der Waals surface area (Å²) in [6.45, 7) is 14.5. The van der Waals surface area contributed by atoms with Crippen LogP contribution in [0.15, 0.2) is 42.5 Å². The van der Waals surface area contributed by atoms with Gasteiger partial charge in [-0.3, -0.25) is 9.69 Å². The summed E-state index contributed by atoms with van der Waals surface area (Å²) in [6.07, 6.45) is 1.06. The first-order valence-corrected chi connectivity index (χ1v) is 10.9. The van der Waals surface area contributed by atoms with Crippen molar-refractivity contribution in [2.75, 3.05) is 36.4 Å². The zero-order chi connectivity index (χ0) is 21.0. The van der Waals surface area contributed by atoms with E-state index in [0.717, 1.165) is 38.3 Å². The van der Waals surface area contributed by atoms with E-state index in [0.29, 0.717) is 5.92 Å². The van der Waals surface area contributed by atoms with Gasteiger partial charge in [-0.25, -0.2) is 0 Å². The molecular weight excluding hydrogens is 358 g/mol. The van der Waals surface area contributed by atoms with Crippen molar-refractivity contribution in [3.05, 3.63) is 59.2 Å². The molecule has 1 fully saturated rings. The molecule has 2 atom stereocenters. The summed E-state index contributed by atoms with van der Waals surface area (Å²) in [5.41, 5.74) is 6.18. The zero-order valence-electron chi connectivity index (χ0n) is 18.5. The van der Waals surface area contributed by atoms with Gasteiger partial charge < -0.3 is 10.2 Å². The molecule has 29 heavy (non-hydrogen) atoms. The highest BCUT2D eigenvalue weighted by Crippen LogP contribution is 2.27. The van der Waals surface area contributed by atoms with Crippen molar-refractivity contribution in [1.82, 2.24) is 4.90 Å². The third-order valence-corrected chi connectivity index (χ3v) is 6.52. The molecule has 2 aromatic rings. The number of anilines is 2. The van der Waals surface area contributed by atoms with Gasteiger partial charge in [-0.05, 0) is 61.9 Å². The van der Waals surface area contributed by atoms with Gasteiger partial charge in [0.2, 0.25) is 5.91 Å². The molecular formula is C25H35N3O. The number of para-hydroxylation sites is 1. The number of amides is 1. The van der Waals surface area contributed by atoms with Gasteiger partial charge in [0.15, 0.2) is 0 Å². The predicted molar refractivity (Wildman–Crippen MR) is 123 cm³/mol. The molecule has 1 saturated heterocycles. The van der Waals surface area contributed by atoms with E-state index in [1.165, 1.54) is 22.4 Å². The fourth-order valence-electron chi connectivity index (χ4n) is 4.09. The lowest BCUT2D eigenvalue weighted by molar-refractivity contribution is -0.120. The largest absolute Gasteiger partial charge is 0.369 e. The fourth-order valence-corrected chi connectivity index (χ4v) is 4.09. The summed E-state index contributed by atoms with van der Waals surface area (Å²) in [6, 6.07) is 14.6. The second kappa shape index (κ2) is 9.45. The van der Waals surface area contributed by atoms with Gasteiger partial charge in [0.05, 0.1) is 6.04 Å². The number of nitrogens with zero attached hydrogens (tertiary/aromatic N) is 2. The first-order valence-electron chi connectivity index (χ1n) is 10.9. The molecule has 0 bridgehead atoms. The van der Waals surface area contributed by atoms with Gasteiger partial charge >= 0.3 is 0 Å². The standard InChI is InChI=1S/C25H35N3O/c1-6-18(2)22-11-7-8-12-23(22)26-25(29)21(5)27-14-16-28(17-15-27)24-13-9-10-19(3)20(24)4/h7-13,18,21H,6,14-17H2,1-5H3,(H,26,29)/t18-,21-/m1/s1. The minimum Gasteiger partial charge on any atom is -0.369 e. The van der Waals surface area contributed by atoms with E-state index in [9.17, 15) is 4.79 Å². The molecule has 1 heterocycles. The van der Waals surface area contributed by atoms with Gasteiger partial charge in [0.25, 0.3) is 0 Å². The molecule has 0 spiro atoms. The Balaban J connectivity index is 1.62. The Morgan fingerprint density at radius 2 is 1.69 bits per heavy atom. The van der Waals surface area contributed by atoms with Crippen LogP contribution in [0.2, 0.25) is 0 Å². The van der Waals surface area contributed by atoms with E-state index in [1.807, 2.05) is 25.1 Å². The van der Waals surface area contributed by atoms with Crippen LogP contribution in [-0.4, -0.2) is 43.0 Å². The van der Waals surface area contributed by atoms with Crippen molar-refractivity contribution in [2.45, 2.75) is 53.0 Å². The Hall–Kier alpha value is -2.33. The Morgan fingerprint density at radius 3 is 2.38 bits per heavy atom. The number of hydrogen-bond acceptors (Lipinski definition) is 3. The van der Waals surface area contributed by atoms with Gasteiger partial charge in [-0.2, -0.15) is 0 Å². The SMILES string of the molecule is CC[C@@H](C)c1ccccc1NC(=O)[C@@H](C)N1CCN(c2cccc(C)c2C)CC1. The second-order valence-corrected chi connectivity index (χ2v) is 8.30. The third kappa shape index (κ3) is 4.81. The van der Waals surface area contributed by atoms with Crippen molar-refractivity contribution in [1.29, 1.82) is 0 Å². The average molecular weight is 394 g/mol. The van der Waals surface area contributed by atoms with E-state index in [4.69, 9.17) is 0 Å². The summed E-state index contributed by atoms with van der Waals surface area (Å²) in [5.74, 6) is 0.517. The van der Waals surface area contributed by atoms with E-state index in [1.54, 1.807) is 0 Å². The lowest BCUT2D eigenvalue weighted by atomic mass is 9.97. The van der Waals surface area contributed by atoms with Gasteiger partial charge in [0.1, 0.15) is 0 Å². The quantitative estimate of drug-likeness (QED) is 0.753. The monoisotopic (exact) mass is 393 g/mol. The molecule has 0 aromatic heterocycles. The number of rotatable bonds is 6. The Morgan fingerprint density at radius 1 is 1.00 bits per heavy atom. The highest BCUT2D eigenvalue weighted by molar-refractivity contribution is 5.95. The smallest absolute Gasteiger partial charge is 0.241 e. The molecule has 2 aromatic carbocycles. The Bertz CT molecular complexity index is 840. The van der Waals surface area contributed by atoms with E-state index >= 15 is 0 Å².